The molecule has 0 saturated carbocycles. The van der Waals surface area contributed by atoms with E-state index in [0.717, 1.165) is 22.2 Å². The maximum absolute atomic E-state index is 9.80. The van der Waals surface area contributed by atoms with E-state index in [2.05, 4.69) is 38.8 Å². The molecule has 5 heteroatoms. The molecule has 2 aromatic rings. The van der Waals surface area contributed by atoms with Crippen molar-refractivity contribution in [3.63, 3.8) is 0 Å². The highest BCUT2D eigenvalue weighted by Gasteiger charge is 2.11. The second-order valence-corrected chi connectivity index (χ2v) is 7.58. The lowest BCUT2D eigenvalue weighted by Crippen LogP contribution is -1.94. The summed E-state index contributed by atoms with van der Waals surface area (Å²) < 4.78 is 2.22. The van der Waals surface area contributed by atoms with Gasteiger partial charge in [-0.05, 0) is 61.2 Å². The van der Waals surface area contributed by atoms with Gasteiger partial charge >= 0.3 is 0 Å². The molecule has 2 aromatic heterocycles. The van der Waals surface area contributed by atoms with Crippen molar-refractivity contribution in [2.75, 3.05) is 0 Å². The van der Waals surface area contributed by atoms with Crippen LogP contribution in [0.5, 0.6) is 0 Å². The minimum absolute atomic E-state index is 0. The first-order valence-electron chi connectivity index (χ1n) is 6.23. The highest BCUT2D eigenvalue weighted by atomic mass is 79.9. The van der Waals surface area contributed by atoms with E-state index >= 15 is 0 Å². The first-order valence-corrected chi connectivity index (χ1v) is 9.64. The van der Waals surface area contributed by atoms with Crippen LogP contribution in [0.4, 0.5) is 0 Å². The van der Waals surface area contributed by atoms with Gasteiger partial charge in [-0.25, -0.2) is 0 Å². The number of hydrogen-bond acceptors (Lipinski definition) is 3. The molecule has 0 aromatic carbocycles. The van der Waals surface area contributed by atoms with Crippen LogP contribution in [-0.4, -0.2) is 5.11 Å². The van der Waals surface area contributed by atoms with Gasteiger partial charge in [0.1, 0.15) is 0 Å². The molecule has 2 heterocycles. The van der Waals surface area contributed by atoms with Gasteiger partial charge in [-0.2, -0.15) is 11.3 Å². The number of aliphatic hydroxyl groups excluding tert-OH is 1. The fourth-order valence-corrected chi connectivity index (χ4v) is 4.31. The Hall–Kier alpha value is 0.320. The maximum Gasteiger partial charge on any atom is 0.0893 e. The molecule has 0 spiro atoms. The molecule has 0 fully saturated rings. The third-order valence-corrected chi connectivity index (χ3v) is 5.97. The van der Waals surface area contributed by atoms with Crippen LogP contribution in [0.3, 0.4) is 0 Å². The predicted octanol–water partition coefficient (Wildman–Crippen LogP) is 7.91. The fraction of sp³-hybridized carbons (Fsp3) is 0.500. The van der Waals surface area contributed by atoms with Crippen molar-refractivity contribution in [3.05, 3.63) is 42.1 Å². The number of hydrogen-bond donors (Lipinski definition) is 1. The SMILES string of the molecule is Brc1ccsc1.C.C.CCCCCC(O)c1sccc1Br. The van der Waals surface area contributed by atoms with Crippen molar-refractivity contribution >= 4 is 54.5 Å². The molecule has 1 nitrogen and oxygen atoms in total. The van der Waals surface area contributed by atoms with Crippen LogP contribution < -0.4 is 0 Å². The standard InChI is InChI=1S/C10H15BrOS.C4H3BrS.2CH4/c1-2-3-4-5-9(12)10-8(11)6-7-13-10;5-4-1-2-6-3-4;;/h6-7,9,12H,2-5H2,1H3;1-3H;2*1H4. The van der Waals surface area contributed by atoms with E-state index < -0.39 is 0 Å². The van der Waals surface area contributed by atoms with E-state index in [1.165, 1.54) is 17.3 Å². The lowest BCUT2D eigenvalue weighted by Gasteiger charge is -2.08. The molecule has 1 unspecified atom stereocenters. The van der Waals surface area contributed by atoms with Gasteiger partial charge in [-0.3, -0.25) is 0 Å². The lowest BCUT2D eigenvalue weighted by molar-refractivity contribution is 0.166. The van der Waals surface area contributed by atoms with Crippen LogP contribution >= 0.6 is 54.5 Å². The van der Waals surface area contributed by atoms with Crippen LogP contribution in [0.1, 0.15) is 58.4 Å². The highest BCUT2D eigenvalue weighted by Crippen LogP contribution is 2.31. The van der Waals surface area contributed by atoms with Gasteiger partial charge in [-0.1, -0.05) is 41.0 Å². The van der Waals surface area contributed by atoms with E-state index in [1.807, 2.05) is 28.3 Å². The lowest BCUT2D eigenvalue weighted by atomic mass is 10.1. The van der Waals surface area contributed by atoms with Crippen LogP contribution in [0.2, 0.25) is 0 Å². The number of rotatable bonds is 5. The summed E-state index contributed by atoms with van der Waals surface area (Å²) in [6.45, 7) is 2.17. The second-order valence-electron chi connectivity index (χ2n) is 4.09. The van der Waals surface area contributed by atoms with Crippen molar-refractivity contribution in [2.45, 2.75) is 53.6 Å². The van der Waals surface area contributed by atoms with Crippen molar-refractivity contribution in [2.24, 2.45) is 0 Å². The third kappa shape index (κ3) is 9.84. The predicted molar refractivity (Wildman–Crippen MR) is 107 cm³/mol. The van der Waals surface area contributed by atoms with Gasteiger partial charge in [0.25, 0.3) is 0 Å². The molecular weight excluding hydrogens is 432 g/mol. The Balaban J connectivity index is 0. The Morgan fingerprint density at radius 2 is 1.86 bits per heavy atom. The normalized spacial score (nSPS) is 10.7. The Labute approximate surface area is 154 Å². The summed E-state index contributed by atoms with van der Waals surface area (Å²) in [5, 5.41) is 15.9. The summed E-state index contributed by atoms with van der Waals surface area (Å²) >= 11 is 10.0. The molecule has 2 rings (SSSR count). The highest BCUT2D eigenvalue weighted by molar-refractivity contribution is 9.10. The summed E-state index contributed by atoms with van der Waals surface area (Å²) in [5.74, 6) is 0. The van der Waals surface area contributed by atoms with E-state index in [4.69, 9.17) is 0 Å². The van der Waals surface area contributed by atoms with Crippen molar-refractivity contribution in [1.82, 2.24) is 0 Å². The topological polar surface area (TPSA) is 20.2 Å². The minimum atomic E-state index is -0.277. The Kier molecular flexibility index (Phi) is 15.7. The van der Waals surface area contributed by atoms with Crippen molar-refractivity contribution < 1.29 is 5.11 Å². The summed E-state index contributed by atoms with van der Waals surface area (Å²) in [6, 6.07) is 4.01. The molecular formula is C16H26Br2OS2. The summed E-state index contributed by atoms with van der Waals surface area (Å²) in [4.78, 5) is 1.07. The van der Waals surface area contributed by atoms with Crippen molar-refractivity contribution in [1.29, 1.82) is 0 Å². The molecule has 0 bridgehead atoms. The smallest absolute Gasteiger partial charge is 0.0893 e. The largest absolute Gasteiger partial charge is 0.388 e. The molecule has 0 amide bonds. The second kappa shape index (κ2) is 13.9. The number of aliphatic hydroxyl groups is 1. The van der Waals surface area contributed by atoms with Crippen LogP contribution in [0.25, 0.3) is 0 Å². The molecule has 0 aliphatic heterocycles. The van der Waals surface area contributed by atoms with Gasteiger partial charge in [0.15, 0.2) is 0 Å². The van der Waals surface area contributed by atoms with Crippen LogP contribution in [0.15, 0.2) is 37.2 Å². The Morgan fingerprint density at radius 1 is 1.14 bits per heavy atom. The zero-order chi connectivity index (χ0) is 14.1. The monoisotopic (exact) mass is 456 g/mol. The quantitative estimate of drug-likeness (QED) is 0.452. The Morgan fingerprint density at radius 3 is 2.24 bits per heavy atom. The molecule has 21 heavy (non-hydrogen) atoms. The fourth-order valence-electron chi connectivity index (χ4n) is 1.51. The van der Waals surface area contributed by atoms with E-state index in [1.54, 1.807) is 22.7 Å². The molecule has 0 saturated heterocycles. The molecule has 1 N–H and O–H groups in total. The van der Waals surface area contributed by atoms with E-state index in [-0.39, 0.29) is 21.0 Å². The van der Waals surface area contributed by atoms with Gasteiger partial charge in [-0.15, -0.1) is 11.3 Å². The van der Waals surface area contributed by atoms with Crippen LogP contribution in [0, 0.1) is 0 Å². The zero-order valence-electron chi connectivity index (χ0n) is 10.8. The average molecular weight is 458 g/mol. The summed E-state index contributed by atoms with van der Waals surface area (Å²) in [5.41, 5.74) is 0. The van der Waals surface area contributed by atoms with Gasteiger partial charge < -0.3 is 5.11 Å². The minimum Gasteiger partial charge on any atom is -0.388 e. The van der Waals surface area contributed by atoms with Gasteiger partial charge in [0.2, 0.25) is 0 Å². The van der Waals surface area contributed by atoms with Gasteiger partial charge in [0, 0.05) is 19.2 Å². The third-order valence-electron chi connectivity index (χ3n) is 2.51. The first-order chi connectivity index (χ1) is 9.15. The zero-order valence-corrected chi connectivity index (χ0v) is 15.6. The van der Waals surface area contributed by atoms with E-state index in [9.17, 15) is 5.11 Å². The maximum atomic E-state index is 9.80. The molecule has 0 radical (unpaired) electrons. The number of thiophene rings is 2. The van der Waals surface area contributed by atoms with Gasteiger partial charge in [0.05, 0.1) is 6.10 Å². The average Bonchev–Trinajstić information content (AvgIpc) is 3.01. The molecule has 122 valence electrons. The first kappa shape index (κ1) is 23.6. The number of unbranched alkanes of at least 4 members (excludes halogenated alkanes) is 2. The summed E-state index contributed by atoms with van der Waals surface area (Å²) in [7, 11) is 0. The molecule has 1 atom stereocenters. The van der Waals surface area contributed by atoms with Crippen molar-refractivity contribution in [3.8, 4) is 0 Å². The molecule has 0 aliphatic rings. The Bertz CT molecular complexity index is 441. The molecule has 0 aliphatic carbocycles. The number of halogens is 2. The van der Waals surface area contributed by atoms with Crippen LogP contribution in [-0.2, 0) is 0 Å². The van der Waals surface area contributed by atoms with E-state index in [0.29, 0.717) is 0 Å². The summed E-state index contributed by atoms with van der Waals surface area (Å²) in [6.07, 6.45) is 4.13.